The first-order chi connectivity index (χ1) is 23.5. The van der Waals surface area contributed by atoms with E-state index in [4.69, 9.17) is 4.74 Å². The molecule has 0 saturated heterocycles. The number of nitrogens with zero attached hydrogens (tertiary/aromatic N) is 2. The molecule has 0 radical (unpaired) electrons. The lowest BCUT2D eigenvalue weighted by molar-refractivity contribution is -0.757. The second-order valence-corrected chi connectivity index (χ2v) is 12.0. The molecule has 1 amide bonds. The number of para-hydroxylation sites is 1. The maximum atomic E-state index is 14.2. The molecular formula is C37H42FN3O8. The van der Waals surface area contributed by atoms with Crippen molar-refractivity contribution in [3.8, 4) is 22.4 Å². The van der Waals surface area contributed by atoms with E-state index < -0.39 is 29.1 Å². The van der Waals surface area contributed by atoms with Crippen LogP contribution in [0.5, 0.6) is 0 Å². The molecule has 2 atom stereocenters. The number of unbranched alkanes of at least 4 members (excludes halogenated alkanes) is 1. The molecule has 0 bridgehead atoms. The number of ether oxygens (including phenoxy) is 1. The summed E-state index contributed by atoms with van der Waals surface area (Å²) in [4.78, 5) is 40.8. The van der Waals surface area contributed by atoms with E-state index in [2.05, 4.69) is 10.2 Å². The number of carbonyl (C=O) groups excluding carboxylic acids is 2. The summed E-state index contributed by atoms with van der Waals surface area (Å²) in [5, 5.41) is 33.9. The molecule has 0 saturated carbocycles. The molecule has 260 valence electrons. The van der Waals surface area contributed by atoms with Gasteiger partial charge in [-0.3, -0.25) is 9.59 Å². The lowest BCUT2D eigenvalue weighted by atomic mass is 9.94. The van der Waals surface area contributed by atoms with Gasteiger partial charge in [0.15, 0.2) is 0 Å². The van der Waals surface area contributed by atoms with Gasteiger partial charge in [0.25, 0.3) is 11.0 Å². The third-order valence-corrected chi connectivity index (χ3v) is 7.92. The number of hydrogen-bond acceptors (Lipinski definition) is 8. The topological polar surface area (TPSA) is 153 Å². The lowest BCUT2D eigenvalue weighted by Crippen LogP contribution is -2.23. The fraction of sp³-hybridized carbons (Fsp3) is 0.351. The Hall–Kier alpha value is -5.07. The summed E-state index contributed by atoms with van der Waals surface area (Å²) < 4.78 is 21.2. The molecule has 0 spiro atoms. The summed E-state index contributed by atoms with van der Waals surface area (Å²) in [5.74, 6) is -1.50. The average molecular weight is 676 g/mol. The Morgan fingerprint density at radius 1 is 0.898 bits per heavy atom. The Bertz CT molecular complexity index is 1680. The molecule has 3 N–H and O–H groups in total. The summed E-state index contributed by atoms with van der Waals surface area (Å²) in [7, 11) is 0. The van der Waals surface area contributed by atoms with Crippen molar-refractivity contribution in [2.75, 3.05) is 18.5 Å². The molecule has 4 rings (SSSR count). The molecular weight excluding hydrogens is 633 g/mol. The van der Waals surface area contributed by atoms with E-state index in [9.17, 15) is 34.3 Å². The van der Waals surface area contributed by atoms with E-state index in [0.717, 1.165) is 11.3 Å². The third kappa shape index (κ3) is 10.5. The summed E-state index contributed by atoms with van der Waals surface area (Å²) in [6.07, 6.45) is -1.73. The fourth-order valence-electron chi connectivity index (χ4n) is 5.78. The van der Waals surface area contributed by atoms with Crippen molar-refractivity contribution in [3.05, 3.63) is 112 Å². The molecule has 0 aliphatic rings. The van der Waals surface area contributed by atoms with Gasteiger partial charge in [0, 0.05) is 23.5 Å². The molecule has 3 aromatic carbocycles. The first kappa shape index (κ1) is 36.8. The quantitative estimate of drug-likeness (QED) is 0.0453. The molecule has 12 heteroatoms. The van der Waals surface area contributed by atoms with E-state index in [0.29, 0.717) is 40.9 Å². The number of hydrogen-bond donors (Lipinski definition) is 3. The van der Waals surface area contributed by atoms with Crippen LogP contribution in [0.1, 0.15) is 67.9 Å². The van der Waals surface area contributed by atoms with E-state index in [1.165, 1.54) is 12.1 Å². The maximum absolute atomic E-state index is 14.2. The van der Waals surface area contributed by atoms with Crippen LogP contribution in [0.25, 0.3) is 22.4 Å². The molecule has 4 aromatic rings. The molecule has 0 aliphatic carbocycles. The number of aliphatic hydroxyl groups is 2. The van der Waals surface area contributed by atoms with Crippen molar-refractivity contribution >= 4 is 17.6 Å². The highest BCUT2D eigenvalue weighted by atomic mass is 19.1. The second kappa shape index (κ2) is 17.9. The number of halogens is 1. The number of rotatable bonds is 18. The third-order valence-electron chi connectivity index (χ3n) is 7.92. The fourth-order valence-corrected chi connectivity index (χ4v) is 5.78. The van der Waals surface area contributed by atoms with Crippen LogP contribution in [0.15, 0.2) is 84.9 Å². The van der Waals surface area contributed by atoms with Gasteiger partial charge in [-0.05, 0) is 79.1 Å². The first-order valence-corrected chi connectivity index (χ1v) is 16.3. The van der Waals surface area contributed by atoms with Gasteiger partial charge in [-0.25, -0.2) is 4.39 Å². The zero-order valence-corrected chi connectivity index (χ0v) is 27.6. The highest BCUT2D eigenvalue weighted by molar-refractivity contribution is 6.12. The zero-order valence-electron chi connectivity index (χ0n) is 27.6. The van der Waals surface area contributed by atoms with Gasteiger partial charge < -0.3 is 29.7 Å². The van der Waals surface area contributed by atoms with Crippen LogP contribution < -0.4 is 5.32 Å². The van der Waals surface area contributed by atoms with E-state index in [1.807, 2.05) is 66.9 Å². The number of esters is 1. The van der Waals surface area contributed by atoms with E-state index >= 15 is 0 Å². The molecule has 11 nitrogen and oxygen atoms in total. The van der Waals surface area contributed by atoms with Gasteiger partial charge in [-0.15, -0.1) is 10.1 Å². The monoisotopic (exact) mass is 675 g/mol. The SMILES string of the molecule is CC(C)c1c(C(=O)Nc2ccccc2)c(-c2ccccc2)c(-c2ccc(F)cc2)n1CCC(O)CC(O)CC(=O)OCCCCO[N+](=O)[O-]. The van der Waals surface area contributed by atoms with Gasteiger partial charge in [-0.2, -0.15) is 0 Å². The number of carbonyl (C=O) groups is 2. The Balaban J connectivity index is 1.60. The molecule has 49 heavy (non-hydrogen) atoms. The van der Waals surface area contributed by atoms with Gasteiger partial charge in [0.2, 0.25) is 0 Å². The minimum atomic E-state index is -1.17. The van der Waals surface area contributed by atoms with Crippen molar-refractivity contribution in [2.45, 2.75) is 70.6 Å². The summed E-state index contributed by atoms with van der Waals surface area (Å²) in [6, 6.07) is 24.7. The summed E-state index contributed by atoms with van der Waals surface area (Å²) in [6.45, 7) is 4.14. The standard InChI is InChI=1S/C37H42FN3O8/c1-25(2)35-34(37(45)39-29-13-7-4-8-14-29)33(26-11-5-3-6-12-26)36(27-15-17-28(38)18-16-27)40(35)20-19-30(42)23-31(43)24-32(44)48-21-9-10-22-49-41(46)47/h3-8,11-18,25,30-31,42-43H,9-10,19-24H2,1-2H3,(H,39,45). The largest absolute Gasteiger partial charge is 0.466 e. The van der Waals surface area contributed by atoms with Crippen LogP contribution in [-0.4, -0.2) is 57.2 Å². The van der Waals surface area contributed by atoms with Crippen LogP contribution in [0, 0.1) is 15.9 Å². The van der Waals surface area contributed by atoms with Crippen LogP contribution in [0.2, 0.25) is 0 Å². The Morgan fingerprint density at radius 2 is 1.53 bits per heavy atom. The van der Waals surface area contributed by atoms with Crippen LogP contribution in [0.3, 0.4) is 0 Å². The summed E-state index contributed by atoms with van der Waals surface area (Å²) >= 11 is 0. The average Bonchev–Trinajstić information content (AvgIpc) is 3.42. The van der Waals surface area contributed by atoms with Gasteiger partial charge in [0.05, 0.1) is 43.1 Å². The smallest absolute Gasteiger partial charge is 0.308 e. The molecule has 2 unspecified atom stereocenters. The normalized spacial score (nSPS) is 12.4. The van der Waals surface area contributed by atoms with Gasteiger partial charge >= 0.3 is 5.97 Å². The van der Waals surface area contributed by atoms with E-state index in [-0.39, 0.29) is 50.8 Å². The summed E-state index contributed by atoms with van der Waals surface area (Å²) in [5.41, 5.74) is 4.66. The predicted octanol–water partition coefficient (Wildman–Crippen LogP) is 6.76. The van der Waals surface area contributed by atoms with Crippen molar-refractivity contribution < 1.29 is 38.9 Å². The highest BCUT2D eigenvalue weighted by Gasteiger charge is 2.31. The van der Waals surface area contributed by atoms with Crippen molar-refractivity contribution in [2.24, 2.45) is 0 Å². The lowest BCUT2D eigenvalue weighted by Gasteiger charge is -2.20. The van der Waals surface area contributed by atoms with Crippen molar-refractivity contribution in [1.29, 1.82) is 0 Å². The minimum Gasteiger partial charge on any atom is -0.466 e. The Morgan fingerprint density at radius 3 is 2.16 bits per heavy atom. The number of aliphatic hydroxyl groups excluding tert-OH is 2. The van der Waals surface area contributed by atoms with Crippen LogP contribution >= 0.6 is 0 Å². The van der Waals surface area contributed by atoms with Gasteiger partial charge in [-0.1, -0.05) is 62.4 Å². The Kier molecular flexibility index (Phi) is 13.4. The number of nitrogens with one attached hydrogen (secondary N) is 1. The number of amides is 1. The molecule has 1 heterocycles. The minimum absolute atomic E-state index is 0.0247. The molecule has 0 aliphatic heterocycles. The second-order valence-electron chi connectivity index (χ2n) is 12.0. The molecule has 1 aromatic heterocycles. The number of aromatic nitrogens is 1. The zero-order chi connectivity index (χ0) is 35.3. The number of anilines is 1. The van der Waals surface area contributed by atoms with Crippen molar-refractivity contribution in [3.63, 3.8) is 0 Å². The first-order valence-electron chi connectivity index (χ1n) is 16.3. The van der Waals surface area contributed by atoms with Crippen molar-refractivity contribution in [1.82, 2.24) is 4.57 Å². The number of benzene rings is 3. The predicted molar refractivity (Wildman–Crippen MR) is 183 cm³/mol. The molecule has 0 fully saturated rings. The highest BCUT2D eigenvalue weighted by Crippen LogP contribution is 2.42. The Labute approximate surface area is 284 Å². The van der Waals surface area contributed by atoms with Crippen LogP contribution in [0.4, 0.5) is 10.1 Å². The maximum Gasteiger partial charge on any atom is 0.308 e. The van der Waals surface area contributed by atoms with Crippen LogP contribution in [-0.2, 0) is 20.9 Å². The van der Waals surface area contributed by atoms with E-state index in [1.54, 1.807) is 24.3 Å². The van der Waals surface area contributed by atoms with Gasteiger partial charge in [0.1, 0.15) is 5.82 Å².